The highest BCUT2D eigenvalue weighted by Gasteiger charge is 2.42. The Kier molecular flexibility index (Phi) is 8.82. The molecule has 1 amide bonds. The number of thiocarbonyl (C=S) groups is 1. The summed E-state index contributed by atoms with van der Waals surface area (Å²) >= 11 is 7.08. The van der Waals surface area contributed by atoms with E-state index >= 15 is 0 Å². The number of nitrogens with zero attached hydrogens (tertiary/aromatic N) is 1. The van der Waals surface area contributed by atoms with Gasteiger partial charge in [-0.15, -0.1) is 0 Å². The number of ether oxygens (including phenoxy) is 2. The molecule has 0 spiro atoms. The fraction of sp³-hybridized carbons (Fsp3) is 0.312. The highest BCUT2D eigenvalue weighted by Crippen LogP contribution is 2.49. The summed E-state index contributed by atoms with van der Waals surface area (Å²) in [6.07, 6.45) is 10.8. The van der Waals surface area contributed by atoms with E-state index in [-0.39, 0.29) is 11.9 Å². The van der Waals surface area contributed by atoms with Crippen molar-refractivity contribution in [2.75, 3.05) is 6.61 Å². The summed E-state index contributed by atoms with van der Waals surface area (Å²) in [5, 5.41) is 0. The maximum absolute atomic E-state index is 13.7. The van der Waals surface area contributed by atoms with E-state index in [0.29, 0.717) is 9.23 Å². The summed E-state index contributed by atoms with van der Waals surface area (Å²) in [6, 6.07) is 23.3. The molecule has 0 N–H and O–H groups in total. The van der Waals surface area contributed by atoms with Crippen molar-refractivity contribution in [3.8, 4) is 17.2 Å². The van der Waals surface area contributed by atoms with E-state index in [2.05, 4.69) is 6.92 Å². The fourth-order valence-electron chi connectivity index (χ4n) is 4.93. The Morgan fingerprint density at radius 3 is 2.13 bits per heavy atom. The number of carbonyl (C=O) groups excluding carboxylic acids is 1. The molecule has 0 saturated carbocycles. The smallest absolute Gasteiger partial charge is 0.267 e. The van der Waals surface area contributed by atoms with Gasteiger partial charge in [0.05, 0.1) is 17.6 Å². The van der Waals surface area contributed by atoms with Gasteiger partial charge in [0, 0.05) is 11.1 Å². The molecule has 38 heavy (non-hydrogen) atoms. The predicted octanol–water partition coefficient (Wildman–Crippen LogP) is 8.91. The molecule has 0 unspecified atom stereocenters. The van der Waals surface area contributed by atoms with Gasteiger partial charge >= 0.3 is 0 Å². The van der Waals surface area contributed by atoms with Crippen LogP contribution in [0.4, 0.5) is 0 Å². The number of thioether (sulfide) groups is 1. The Balaban J connectivity index is 1.25. The molecule has 2 aliphatic heterocycles. The number of para-hydroxylation sites is 2. The van der Waals surface area contributed by atoms with Gasteiger partial charge in [0.25, 0.3) is 5.91 Å². The first kappa shape index (κ1) is 26.5. The molecule has 3 aromatic carbocycles. The molecule has 0 radical (unpaired) electrons. The number of carbonyl (C=O) groups is 1. The number of rotatable bonds is 11. The lowest BCUT2D eigenvalue weighted by molar-refractivity contribution is -0.123. The number of benzene rings is 3. The standard InChI is InChI=1S/C32H33NO3S2/c1-2-3-4-5-6-7-12-21-35-24-19-17-23(18-20-24)22-29-31(34)33(32(37)38-29)30-25-13-8-10-15-27(25)36-28-16-11-9-14-26(28)30/h8-11,13-20,22,30H,2-7,12,21H2,1H3/b29-22-. The summed E-state index contributed by atoms with van der Waals surface area (Å²) in [5.74, 6) is 2.27. The van der Waals surface area contributed by atoms with Crippen molar-refractivity contribution in [2.24, 2.45) is 0 Å². The summed E-state index contributed by atoms with van der Waals surface area (Å²) < 4.78 is 12.6. The molecule has 1 fully saturated rings. The zero-order valence-corrected chi connectivity index (χ0v) is 23.4. The number of hydrogen-bond donors (Lipinski definition) is 0. The van der Waals surface area contributed by atoms with E-state index in [9.17, 15) is 4.79 Å². The molecule has 2 heterocycles. The SMILES string of the molecule is CCCCCCCCCOc1ccc(/C=C2\SC(=S)N(C3c4ccccc4Oc4ccccc43)C2=O)cc1. The molecule has 0 aliphatic carbocycles. The van der Waals surface area contributed by atoms with Crippen molar-refractivity contribution in [3.63, 3.8) is 0 Å². The number of fused-ring (bicyclic) bond motifs is 2. The number of amides is 1. The minimum Gasteiger partial charge on any atom is -0.494 e. The Hall–Kier alpha value is -3.09. The Morgan fingerprint density at radius 1 is 0.868 bits per heavy atom. The van der Waals surface area contributed by atoms with Gasteiger partial charge in [0.1, 0.15) is 21.6 Å². The van der Waals surface area contributed by atoms with Gasteiger partial charge in [0.15, 0.2) is 0 Å². The van der Waals surface area contributed by atoms with Gasteiger partial charge in [-0.1, -0.05) is 118 Å². The lowest BCUT2D eigenvalue weighted by Gasteiger charge is -2.33. The van der Waals surface area contributed by atoms with E-state index in [1.165, 1.54) is 50.3 Å². The summed E-state index contributed by atoms with van der Waals surface area (Å²) in [6.45, 7) is 2.98. The summed E-state index contributed by atoms with van der Waals surface area (Å²) in [7, 11) is 0. The first-order valence-electron chi connectivity index (χ1n) is 13.5. The minimum absolute atomic E-state index is 0.0873. The van der Waals surface area contributed by atoms with Crippen LogP contribution in [0.1, 0.15) is 74.6 Å². The van der Waals surface area contributed by atoms with Gasteiger partial charge in [0.2, 0.25) is 0 Å². The van der Waals surface area contributed by atoms with Gasteiger partial charge in [-0.05, 0) is 42.3 Å². The molecular formula is C32H33NO3S2. The summed E-state index contributed by atoms with van der Waals surface area (Å²) in [4.78, 5) is 16.0. The van der Waals surface area contributed by atoms with Crippen LogP contribution < -0.4 is 9.47 Å². The van der Waals surface area contributed by atoms with E-state index in [1.54, 1.807) is 4.90 Å². The van der Waals surface area contributed by atoms with Crippen LogP contribution in [0.5, 0.6) is 17.2 Å². The molecule has 3 aromatic rings. The molecule has 0 aromatic heterocycles. The van der Waals surface area contributed by atoms with Crippen molar-refractivity contribution in [1.82, 2.24) is 4.90 Å². The molecule has 1 saturated heterocycles. The Labute approximate surface area is 235 Å². The van der Waals surface area contributed by atoms with Crippen LogP contribution in [-0.2, 0) is 4.79 Å². The van der Waals surface area contributed by atoms with Crippen molar-refractivity contribution < 1.29 is 14.3 Å². The van der Waals surface area contributed by atoms with Crippen LogP contribution in [0.15, 0.2) is 77.7 Å². The normalized spacial score (nSPS) is 15.9. The van der Waals surface area contributed by atoms with Crippen molar-refractivity contribution >= 4 is 40.3 Å². The minimum atomic E-state index is -0.322. The molecular weight excluding hydrogens is 510 g/mol. The summed E-state index contributed by atoms with van der Waals surface area (Å²) in [5.41, 5.74) is 2.82. The van der Waals surface area contributed by atoms with Crippen LogP contribution >= 0.6 is 24.0 Å². The second-order valence-electron chi connectivity index (χ2n) is 9.67. The molecule has 5 rings (SSSR count). The third kappa shape index (κ3) is 5.97. The molecule has 0 atom stereocenters. The van der Waals surface area contributed by atoms with E-state index in [4.69, 9.17) is 21.7 Å². The number of unbranched alkanes of at least 4 members (excludes halogenated alkanes) is 6. The zero-order valence-electron chi connectivity index (χ0n) is 21.7. The van der Waals surface area contributed by atoms with Gasteiger partial charge < -0.3 is 9.47 Å². The maximum atomic E-state index is 13.7. The molecule has 0 bridgehead atoms. The molecule has 196 valence electrons. The monoisotopic (exact) mass is 543 g/mol. The Bertz CT molecular complexity index is 1270. The third-order valence-corrected chi connectivity index (χ3v) is 8.25. The second-order valence-corrected chi connectivity index (χ2v) is 11.3. The van der Waals surface area contributed by atoms with E-state index in [0.717, 1.165) is 47.0 Å². The zero-order chi connectivity index (χ0) is 26.3. The van der Waals surface area contributed by atoms with Crippen molar-refractivity contribution in [2.45, 2.75) is 57.9 Å². The topological polar surface area (TPSA) is 38.8 Å². The van der Waals surface area contributed by atoms with Crippen LogP contribution in [0.25, 0.3) is 6.08 Å². The van der Waals surface area contributed by atoms with E-state index in [1.807, 2.05) is 78.9 Å². The third-order valence-electron chi connectivity index (χ3n) is 6.92. The molecule has 2 aliphatic rings. The Morgan fingerprint density at radius 2 is 1.47 bits per heavy atom. The predicted molar refractivity (Wildman–Crippen MR) is 160 cm³/mol. The van der Waals surface area contributed by atoms with Gasteiger partial charge in [-0.2, -0.15) is 0 Å². The van der Waals surface area contributed by atoms with E-state index < -0.39 is 0 Å². The first-order valence-corrected chi connectivity index (χ1v) is 14.7. The second kappa shape index (κ2) is 12.6. The first-order chi connectivity index (χ1) is 18.7. The largest absolute Gasteiger partial charge is 0.494 e. The lowest BCUT2D eigenvalue weighted by atomic mass is 9.93. The van der Waals surface area contributed by atoms with Gasteiger partial charge in [-0.3, -0.25) is 9.69 Å². The molecule has 6 heteroatoms. The average Bonchev–Trinajstić information content (AvgIpc) is 3.21. The van der Waals surface area contributed by atoms with Gasteiger partial charge in [-0.25, -0.2) is 0 Å². The van der Waals surface area contributed by atoms with Crippen molar-refractivity contribution in [1.29, 1.82) is 0 Å². The highest BCUT2D eigenvalue weighted by molar-refractivity contribution is 8.26. The lowest BCUT2D eigenvalue weighted by Crippen LogP contribution is -2.34. The van der Waals surface area contributed by atoms with Crippen LogP contribution in [-0.4, -0.2) is 21.7 Å². The average molecular weight is 544 g/mol. The molecule has 4 nitrogen and oxygen atoms in total. The highest BCUT2D eigenvalue weighted by atomic mass is 32.2. The maximum Gasteiger partial charge on any atom is 0.267 e. The van der Waals surface area contributed by atoms with Crippen molar-refractivity contribution in [3.05, 3.63) is 94.4 Å². The van der Waals surface area contributed by atoms with Crippen LogP contribution in [0.2, 0.25) is 0 Å². The number of hydrogen-bond acceptors (Lipinski definition) is 5. The fourth-order valence-corrected chi connectivity index (χ4v) is 6.24. The quantitative estimate of drug-likeness (QED) is 0.137. The van der Waals surface area contributed by atoms with Crippen LogP contribution in [0.3, 0.4) is 0 Å². The van der Waals surface area contributed by atoms with Crippen LogP contribution in [0, 0.1) is 0 Å².